The Morgan fingerprint density at radius 2 is 1.63 bits per heavy atom. The number of benzene rings is 3. The van der Waals surface area contributed by atoms with E-state index in [1.165, 1.54) is 30.2 Å². The van der Waals surface area contributed by atoms with Gasteiger partial charge in [-0.25, -0.2) is 4.79 Å². The van der Waals surface area contributed by atoms with E-state index in [0.717, 1.165) is 46.6 Å². The SMILES string of the molecule is CCC(Sc1cccc(NC(=O)/C(=C/c2ccccc2)NC(=O)c2ccccc2)c1)C(=O)Nc1sc2c(c1C(=O)OC)CCCC2. The minimum atomic E-state index is -0.489. The lowest BCUT2D eigenvalue weighted by molar-refractivity contribution is -0.116. The molecule has 4 aromatic rings. The number of fused-ring (bicyclic) bond motifs is 1. The molecular formula is C36H35N3O5S2. The van der Waals surface area contributed by atoms with Crippen molar-refractivity contribution in [1.82, 2.24) is 5.32 Å². The van der Waals surface area contributed by atoms with Gasteiger partial charge in [-0.3, -0.25) is 14.4 Å². The summed E-state index contributed by atoms with van der Waals surface area (Å²) >= 11 is 2.83. The van der Waals surface area contributed by atoms with Crippen molar-refractivity contribution in [3.63, 3.8) is 0 Å². The monoisotopic (exact) mass is 653 g/mol. The van der Waals surface area contributed by atoms with Crippen LogP contribution in [0.15, 0.2) is 95.5 Å². The molecule has 5 rings (SSSR count). The van der Waals surface area contributed by atoms with Gasteiger partial charge in [0.1, 0.15) is 10.7 Å². The first kappa shape index (κ1) is 32.7. The Hall–Kier alpha value is -4.67. The highest BCUT2D eigenvalue weighted by Gasteiger charge is 2.28. The summed E-state index contributed by atoms with van der Waals surface area (Å²) in [4.78, 5) is 54.5. The molecule has 0 spiro atoms. The number of carbonyl (C=O) groups excluding carboxylic acids is 4. The first-order chi connectivity index (χ1) is 22.4. The van der Waals surface area contributed by atoms with E-state index >= 15 is 0 Å². The third kappa shape index (κ3) is 8.13. The lowest BCUT2D eigenvalue weighted by Crippen LogP contribution is -2.30. The van der Waals surface area contributed by atoms with Gasteiger partial charge in [-0.15, -0.1) is 23.1 Å². The normalized spacial score (nSPS) is 13.2. The molecule has 0 saturated carbocycles. The molecule has 236 valence electrons. The van der Waals surface area contributed by atoms with Gasteiger partial charge in [-0.05, 0) is 79.6 Å². The van der Waals surface area contributed by atoms with E-state index in [9.17, 15) is 19.2 Å². The number of hydrogen-bond donors (Lipinski definition) is 3. The predicted molar refractivity (Wildman–Crippen MR) is 184 cm³/mol. The fraction of sp³-hybridized carbons (Fsp3) is 0.222. The molecule has 0 radical (unpaired) electrons. The minimum Gasteiger partial charge on any atom is -0.465 e. The largest absolute Gasteiger partial charge is 0.465 e. The van der Waals surface area contributed by atoms with E-state index in [0.29, 0.717) is 28.2 Å². The van der Waals surface area contributed by atoms with Gasteiger partial charge < -0.3 is 20.7 Å². The summed E-state index contributed by atoms with van der Waals surface area (Å²) in [5.41, 5.74) is 3.24. The summed E-state index contributed by atoms with van der Waals surface area (Å²) in [7, 11) is 1.36. The number of hydrogen-bond acceptors (Lipinski definition) is 7. The van der Waals surface area contributed by atoms with Gasteiger partial charge in [-0.2, -0.15) is 0 Å². The molecule has 0 aliphatic heterocycles. The van der Waals surface area contributed by atoms with Crippen LogP contribution in [0.5, 0.6) is 0 Å². The van der Waals surface area contributed by atoms with Crippen molar-refractivity contribution >= 4 is 63.6 Å². The lowest BCUT2D eigenvalue weighted by Gasteiger charge is -2.16. The lowest BCUT2D eigenvalue weighted by atomic mass is 9.95. The van der Waals surface area contributed by atoms with Crippen molar-refractivity contribution in [2.75, 3.05) is 17.7 Å². The Bertz CT molecular complexity index is 1750. The molecule has 1 unspecified atom stereocenters. The highest BCUT2D eigenvalue weighted by atomic mass is 32.2. The number of amides is 3. The zero-order valence-corrected chi connectivity index (χ0v) is 27.3. The number of esters is 1. The molecule has 0 saturated heterocycles. The number of aryl methyl sites for hydroxylation is 1. The zero-order valence-electron chi connectivity index (χ0n) is 25.6. The summed E-state index contributed by atoms with van der Waals surface area (Å²) in [5.74, 6) is -1.53. The summed E-state index contributed by atoms with van der Waals surface area (Å²) in [6.45, 7) is 1.93. The van der Waals surface area contributed by atoms with E-state index in [-0.39, 0.29) is 11.6 Å². The number of thioether (sulfide) groups is 1. The third-order valence-electron chi connectivity index (χ3n) is 7.47. The fourth-order valence-electron chi connectivity index (χ4n) is 5.15. The number of ether oxygens (including phenoxy) is 1. The molecule has 1 aliphatic carbocycles. The second-order valence-corrected chi connectivity index (χ2v) is 13.1. The van der Waals surface area contributed by atoms with E-state index < -0.39 is 23.0 Å². The van der Waals surface area contributed by atoms with Crippen LogP contribution >= 0.6 is 23.1 Å². The number of nitrogens with one attached hydrogen (secondary N) is 3. The molecular weight excluding hydrogens is 619 g/mol. The standard InChI is InChI=1S/C36H35N3O5S2/c1-3-29(34(42)39-35-31(36(43)44-2)27-19-10-11-20-30(27)46-35)45-26-18-12-17-25(22-26)37-33(41)28(21-23-13-6-4-7-14-23)38-32(40)24-15-8-5-9-16-24/h4-9,12-18,21-22,29H,3,10-11,19-20H2,1-2H3,(H,37,41)(H,38,40)(H,39,42)/b28-21-. The van der Waals surface area contributed by atoms with Crippen LogP contribution in [0.3, 0.4) is 0 Å². The Morgan fingerprint density at radius 3 is 2.35 bits per heavy atom. The first-order valence-electron chi connectivity index (χ1n) is 15.1. The summed E-state index contributed by atoms with van der Waals surface area (Å²) in [6.07, 6.45) is 5.92. The average molecular weight is 654 g/mol. The van der Waals surface area contributed by atoms with Crippen LogP contribution in [0.1, 0.15) is 62.9 Å². The number of anilines is 2. The van der Waals surface area contributed by atoms with Gasteiger partial charge >= 0.3 is 5.97 Å². The Morgan fingerprint density at radius 1 is 0.913 bits per heavy atom. The van der Waals surface area contributed by atoms with Crippen LogP contribution in [-0.4, -0.2) is 36.1 Å². The van der Waals surface area contributed by atoms with Crippen molar-refractivity contribution in [2.24, 2.45) is 0 Å². The molecule has 1 atom stereocenters. The van der Waals surface area contributed by atoms with Crippen LogP contribution in [0.4, 0.5) is 10.7 Å². The topological polar surface area (TPSA) is 114 Å². The molecule has 3 amide bonds. The Balaban J connectivity index is 1.30. The average Bonchev–Trinajstić information content (AvgIpc) is 3.45. The van der Waals surface area contributed by atoms with E-state index in [1.54, 1.807) is 48.5 Å². The van der Waals surface area contributed by atoms with Crippen LogP contribution in [0.25, 0.3) is 6.08 Å². The second-order valence-electron chi connectivity index (χ2n) is 10.7. The van der Waals surface area contributed by atoms with Crippen molar-refractivity contribution < 1.29 is 23.9 Å². The molecule has 3 N–H and O–H groups in total. The molecule has 3 aromatic carbocycles. The van der Waals surface area contributed by atoms with Crippen molar-refractivity contribution in [3.05, 3.63) is 118 Å². The number of thiophene rings is 1. The molecule has 8 nitrogen and oxygen atoms in total. The Kier molecular flexibility index (Phi) is 11.1. The van der Waals surface area contributed by atoms with Gasteiger partial charge in [0, 0.05) is 21.0 Å². The smallest absolute Gasteiger partial charge is 0.341 e. The molecule has 10 heteroatoms. The molecule has 0 bridgehead atoms. The Labute approximate surface area is 276 Å². The van der Waals surface area contributed by atoms with Gasteiger partial charge in [0.05, 0.1) is 17.9 Å². The quantitative estimate of drug-likeness (QED) is 0.0888. The molecule has 1 aromatic heterocycles. The van der Waals surface area contributed by atoms with Crippen LogP contribution in [0, 0.1) is 0 Å². The van der Waals surface area contributed by atoms with Gasteiger partial charge in [-0.1, -0.05) is 61.5 Å². The van der Waals surface area contributed by atoms with Crippen LogP contribution in [-0.2, 0) is 27.2 Å². The first-order valence-corrected chi connectivity index (χ1v) is 16.8. The van der Waals surface area contributed by atoms with Gasteiger partial charge in [0.2, 0.25) is 5.91 Å². The summed E-state index contributed by atoms with van der Waals surface area (Å²) in [5, 5.41) is 8.74. The van der Waals surface area contributed by atoms with E-state index in [1.807, 2.05) is 49.4 Å². The van der Waals surface area contributed by atoms with Crippen LogP contribution < -0.4 is 16.0 Å². The van der Waals surface area contributed by atoms with E-state index in [2.05, 4.69) is 16.0 Å². The maximum Gasteiger partial charge on any atom is 0.341 e. The van der Waals surface area contributed by atoms with Gasteiger partial charge in [0.25, 0.3) is 11.8 Å². The highest BCUT2D eigenvalue weighted by molar-refractivity contribution is 8.00. The van der Waals surface area contributed by atoms with Crippen LogP contribution in [0.2, 0.25) is 0 Å². The maximum atomic E-state index is 13.5. The summed E-state index contributed by atoms with van der Waals surface area (Å²) in [6, 6.07) is 25.2. The second kappa shape index (κ2) is 15.6. The number of methoxy groups -OCH3 is 1. The highest BCUT2D eigenvalue weighted by Crippen LogP contribution is 2.39. The number of rotatable bonds is 11. The van der Waals surface area contributed by atoms with Crippen molar-refractivity contribution in [2.45, 2.75) is 49.2 Å². The molecule has 1 heterocycles. The van der Waals surface area contributed by atoms with Crippen molar-refractivity contribution in [3.8, 4) is 0 Å². The van der Waals surface area contributed by atoms with E-state index in [4.69, 9.17) is 4.74 Å². The minimum absolute atomic E-state index is 0.0870. The zero-order chi connectivity index (χ0) is 32.5. The summed E-state index contributed by atoms with van der Waals surface area (Å²) < 4.78 is 5.05. The van der Waals surface area contributed by atoms with Crippen molar-refractivity contribution in [1.29, 1.82) is 0 Å². The maximum absolute atomic E-state index is 13.5. The fourth-order valence-corrected chi connectivity index (χ4v) is 7.45. The predicted octanol–water partition coefficient (Wildman–Crippen LogP) is 7.33. The van der Waals surface area contributed by atoms with Gasteiger partial charge in [0.15, 0.2) is 0 Å². The third-order valence-corrected chi connectivity index (χ3v) is 10.0. The number of carbonyl (C=O) groups is 4. The molecule has 0 fully saturated rings. The molecule has 1 aliphatic rings. The molecule has 46 heavy (non-hydrogen) atoms.